The van der Waals surface area contributed by atoms with E-state index in [-0.39, 0.29) is 5.91 Å². The highest BCUT2D eigenvalue weighted by Gasteiger charge is 2.05. The summed E-state index contributed by atoms with van der Waals surface area (Å²) in [5.41, 5.74) is 6.74. The third kappa shape index (κ3) is 3.95. The molecular formula is C15H14N2OS. The monoisotopic (exact) mass is 270 g/mol. The quantitative estimate of drug-likeness (QED) is 0.838. The minimum absolute atomic E-state index is 0.0928. The molecule has 2 aromatic rings. The molecule has 0 saturated heterocycles. The SMILES string of the molecule is NCC#Cc1cccc(C(=O)NCc2cccs2)c1. The minimum Gasteiger partial charge on any atom is -0.347 e. The maximum atomic E-state index is 12.0. The molecule has 3 N–H and O–H groups in total. The topological polar surface area (TPSA) is 55.1 Å². The van der Waals surface area contributed by atoms with Gasteiger partial charge in [0.05, 0.1) is 13.1 Å². The van der Waals surface area contributed by atoms with Crippen LogP contribution in [0.1, 0.15) is 20.8 Å². The summed E-state index contributed by atoms with van der Waals surface area (Å²) < 4.78 is 0. The first-order valence-corrected chi connectivity index (χ1v) is 6.77. The van der Waals surface area contributed by atoms with Crippen molar-refractivity contribution < 1.29 is 4.79 Å². The van der Waals surface area contributed by atoms with Gasteiger partial charge in [-0.05, 0) is 29.6 Å². The summed E-state index contributed by atoms with van der Waals surface area (Å²) in [5.74, 6) is 5.60. The molecule has 0 unspecified atom stereocenters. The number of carbonyl (C=O) groups excluding carboxylic acids is 1. The number of carbonyl (C=O) groups is 1. The van der Waals surface area contributed by atoms with Crippen molar-refractivity contribution >= 4 is 17.2 Å². The van der Waals surface area contributed by atoms with E-state index in [0.29, 0.717) is 18.7 Å². The molecule has 0 saturated carbocycles. The summed E-state index contributed by atoms with van der Waals surface area (Å²) in [6, 6.07) is 11.2. The van der Waals surface area contributed by atoms with Crippen molar-refractivity contribution in [2.24, 2.45) is 5.73 Å². The number of thiophene rings is 1. The summed E-state index contributed by atoms with van der Waals surface area (Å²) in [4.78, 5) is 13.1. The molecule has 0 aliphatic carbocycles. The fourth-order valence-corrected chi connectivity index (χ4v) is 2.22. The highest BCUT2D eigenvalue weighted by Crippen LogP contribution is 2.09. The van der Waals surface area contributed by atoms with Gasteiger partial charge in [0.2, 0.25) is 0 Å². The van der Waals surface area contributed by atoms with Gasteiger partial charge in [-0.2, -0.15) is 0 Å². The van der Waals surface area contributed by atoms with Crippen LogP contribution in [0.2, 0.25) is 0 Å². The molecule has 2 rings (SSSR count). The van der Waals surface area contributed by atoms with Crippen molar-refractivity contribution in [3.05, 3.63) is 57.8 Å². The van der Waals surface area contributed by atoms with E-state index in [1.165, 1.54) is 0 Å². The number of benzene rings is 1. The standard InChI is InChI=1S/C15H14N2OS/c16-8-2-5-12-4-1-6-13(10-12)15(18)17-11-14-7-3-9-19-14/h1,3-4,6-7,9-10H,8,11,16H2,(H,17,18). The smallest absolute Gasteiger partial charge is 0.251 e. The maximum absolute atomic E-state index is 12.0. The summed E-state index contributed by atoms with van der Waals surface area (Å²) in [7, 11) is 0. The van der Waals surface area contributed by atoms with Gasteiger partial charge >= 0.3 is 0 Å². The van der Waals surface area contributed by atoms with Crippen LogP contribution < -0.4 is 11.1 Å². The summed E-state index contributed by atoms with van der Waals surface area (Å²) in [5, 5.41) is 4.87. The fourth-order valence-electron chi connectivity index (χ4n) is 1.57. The van der Waals surface area contributed by atoms with Crippen molar-refractivity contribution in [2.75, 3.05) is 6.54 Å². The molecule has 1 amide bonds. The van der Waals surface area contributed by atoms with Crippen LogP contribution in [0.3, 0.4) is 0 Å². The van der Waals surface area contributed by atoms with Crippen molar-refractivity contribution in [3.63, 3.8) is 0 Å². The Morgan fingerprint density at radius 1 is 1.32 bits per heavy atom. The van der Waals surface area contributed by atoms with Gasteiger partial charge < -0.3 is 11.1 Å². The molecular weight excluding hydrogens is 256 g/mol. The number of hydrogen-bond donors (Lipinski definition) is 2. The van der Waals surface area contributed by atoms with Crippen LogP contribution in [0.25, 0.3) is 0 Å². The Balaban J connectivity index is 2.02. The lowest BCUT2D eigenvalue weighted by molar-refractivity contribution is 0.0951. The highest BCUT2D eigenvalue weighted by atomic mass is 32.1. The second-order valence-electron chi connectivity index (χ2n) is 3.85. The van der Waals surface area contributed by atoms with Crippen LogP contribution in [0, 0.1) is 11.8 Å². The van der Waals surface area contributed by atoms with Gasteiger partial charge in [0.25, 0.3) is 5.91 Å². The average molecular weight is 270 g/mol. The van der Waals surface area contributed by atoms with Gasteiger partial charge in [0.15, 0.2) is 0 Å². The molecule has 0 fully saturated rings. The van der Waals surface area contributed by atoms with Gasteiger partial charge in [-0.25, -0.2) is 0 Å². The minimum atomic E-state index is -0.0928. The first-order chi connectivity index (χ1) is 9.29. The molecule has 4 heteroatoms. The van der Waals surface area contributed by atoms with E-state index in [0.717, 1.165) is 10.4 Å². The Hall–Kier alpha value is -2.09. The molecule has 19 heavy (non-hydrogen) atoms. The van der Waals surface area contributed by atoms with Crippen LogP contribution >= 0.6 is 11.3 Å². The lowest BCUT2D eigenvalue weighted by Gasteiger charge is -2.04. The predicted octanol–water partition coefficient (Wildman–Crippen LogP) is 1.99. The Morgan fingerprint density at radius 2 is 2.21 bits per heavy atom. The Kier molecular flexibility index (Phi) is 4.73. The lowest BCUT2D eigenvalue weighted by Crippen LogP contribution is -2.22. The van der Waals surface area contributed by atoms with E-state index in [1.807, 2.05) is 29.6 Å². The number of amides is 1. The van der Waals surface area contributed by atoms with E-state index in [4.69, 9.17) is 5.73 Å². The summed E-state index contributed by atoms with van der Waals surface area (Å²) >= 11 is 1.62. The molecule has 1 heterocycles. The van der Waals surface area contributed by atoms with Crippen LogP contribution in [-0.4, -0.2) is 12.5 Å². The van der Waals surface area contributed by atoms with E-state index < -0.39 is 0 Å². The van der Waals surface area contributed by atoms with E-state index in [9.17, 15) is 4.79 Å². The number of hydrogen-bond acceptors (Lipinski definition) is 3. The van der Waals surface area contributed by atoms with E-state index in [2.05, 4.69) is 17.2 Å². The van der Waals surface area contributed by atoms with Crippen LogP contribution in [0.5, 0.6) is 0 Å². The molecule has 0 aliphatic heterocycles. The summed E-state index contributed by atoms with van der Waals surface area (Å²) in [6.07, 6.45) is 0. The van der Waals surface area contributed by atoms with Crippen LogP contribution in [-0.2, 0) is 6.54 Å². The van der Waals surface area contributed by atoms with Gasteiger partial charge in [-0.15, -0.1) is 11.3 Å². The molecule has 0 bridgehead atoms. The average Bonchev–Trinajstić information content (AvgIpc) is 2.96. The van der Waals surface area contributed by atoms with Gasteiger partial charge in [-0.3, -0.25) is 4.79 Å². The maximum Gasteiger partial charge on any atom is 0.251 e. The molecule has 0 spiro atoms. The fraction of sp³-hybridized carbons (Fsp3) is 0.133. The van der Waals surface area contributed by atoms with Gasteiger partial charge in [0, 0.05) is 16.0 Å². The zero-order valence-corrected chi connectivity index (χ0v) is 11.2. The summed E-state index contributed by atoms with van der Waals surface area (Å²) in [6.45, 7) is 0.865. The molecule has 0 aliphatic rings. The van der Waals surface area contributed by atoms with Crippen molar-refractivity contribution in [1.82, 2.24) is 5.32 Å². The Labute approximate surface area is 116 Å². The molecule has 0 atom stereocenters. The van der Waals surface area contributed by atoms with Crippen LogP contribution in [0.15, 0.2) is 41.8 Å². The van der Waals surface area contributed by atoms with Gasteiger partial charge in [0.1, 0.15) is 0 Å². The van der Waals surface area contributed by atoms with Crippen molar-refractivity contribution in [2.45, 2.75) is 6.54 Å². The molecule has 0 radical (unpaired) electrons. The molecule has 3 nitrogen and oxygen atoms in total. The number of nitrogens with two attached hydrogens (primary N) is 1. The third-order valence-electron chi connectivity index (χ3n) is 2.46. The Morgan fingerprint density at radius 3 is 2.95 bits per heavy atom. The van der Waals surface area contributed by atoms with Crippen LogP contribution in [0.4, 0.5) is 0 Å². The molecule has 96 valence electrons. The first kappa shape index (κ1) is 13.3. The number of nitrogens with one attached hydrogen (secondary N) is 1. The highest BCUT2D eigenvalue weighted by molar-refractivity contribution is 7.09. The zero-order chi connectivity index (χ0) is 13.5. The lowest BCUT2D eigenvalue weighted by atomic mass is 10.1. The molecule has 1 aromatic carbocycles. The first-order valence-electron chi connectivity index (χ1n) is 5.89. The van der Waals surface area contributed by atoms with Crippen molar-refractivity contribution in [3.8, 4) is 11.8 Å². The van der Waals surface area contributed by atoms with Gasteiger partial charge in [-0.1, -0.05) is 24.0 Å². The zero-order valence-electron chi connectivity index (χ0n) is 10.3. The van der Waals surface area contributed by atoms with E-state index in [1.54, 1.807) is 23.5 Å². The molecule has 1 aromatic heterocycles. The van der Waals surface area contributed by atoms with Crippen molar-refractivity contribution in [1.29, 1.82) is 0 Å². The predicted molar refractivity (Wildman–Crippen MR) is 77.9 cm³/mol. The second kappa shape index (κ2) is 6.74. The normalized spacial score (nSPS) is 9.53. The Bertz CT molecular complexity index is 609. The third-order valence-corrected chi connectivity index (χ3v) is 3.34. The second-order valence-corrected chi connectivity index (χ2v) is 4.88. The largest absolute Gasteiger partial charge is 0.347 e. The number of rotatable bonds is 3. The van der Waals surface area contributed by atoms with E-state index >= 15 is 0 Å².